The first-order valence-corrected chi connectivity index (χ1v) is 6.48. The topological polar surface area (TPSA) is 28.2 Å². The third kappa shape index (κ3) is 4.33. The van der Waals surface area contributed by atoms with Gasteiger partial charge in [0.2, 0.25) is 11.6 Å². The van der Waals surface area contributed by atoms with Gasteiger partial charge in [-0.3, -0.25) is 0 Å². The molecule has 1 aromatic heterocycles. The van der Waals surface area contributed by atoms with Gasteiger partial charge in [-0.1, -0.05) is 0 Å². The van der Waals surface area contributed by atoms with Crippen LogP contribution in [-0.4, -0.2) is 36.1 Å². The van der Waals surface area contributed by atoms with Crippen LogP contribution in [0, 0.1) is 23.5 Å². The Kier molecular flexibility index (Phi) is 6.19. The molecule has 1 heterocycles. The molecule has 0 saturated heterocycles. The standard InChI is InChI=1S/C13H19F4N3/c1-8(2)20(3)7-5-4-6-18-11-9(14)12(16)19-13(17)10(11)15/h8H,4-7H2,1-3H3,(H,18,19). The smallest absolute Gasteiger partial charge is 0.253 e. The second-order valence-corrected chi connectivity index (χ2v) is 4.90. The Bertz CT molecular complexity index is 425. The van der Waals surface area contributed by atoms with Crippen molar-refractivity contribution in [1.29, 1.82) is 0 Å². The largest absolute Gasteiger partial charge is 0.380 e. The van der Waals surface area contributed by atoms with Crippen LogP contribution in [0.15, 0.2) is 0 Å². The van der Waals surface area contributed by atoms with Crippen molar-refractivity contribution in [3.63, 3.8) is 0 Å². The highest BCUT2D eigenvalue weighted by atomic mass is 19.2. The maximum Gasteiger partial charge on any atom is 0.253 e. The molecular formula is C13H19F4N3. The Labute approximate surface area is 116 Å². The second-order valence-electron chi connectivity index (χ2n) is 4.90. The molecule has 3 nitrogen and oxygen atoms in total. The molecule has 1 rings (SSSR count). The minimum atomic E-state index is -1.65. The van der Waals surface area contributed by atoms with Crippen LogP contribution < -0.4 is 5.32 Å². The Balaban J connectivity index is 2.47. The number of halogens is 4. The fourth-order valence-electron chi connectivity index (χ4n) is 1.60. The van der Waals surface area contributed by atoms with Crippen LogP contribution in [0.2, 0.25) is 0 Å². The first-order chi connectivity index (χ1) is 9.34. The molecule has 0 amide bonds. The van der Waals surface area contributed by atoms with Crippen LogP contribution in [-0.2, 0) is 0 Å². The summed E-state index contributed by atoms with van der Waals surface area (Å²) >= 11 is 0. The van der Waals surface area contributed by atoms with E-state index in [-0.39, 0.29) is 6.54 Å². The number of pyridine rings is 1. The lowest BCUT2D eigenvalue weighted by Crippen LogP contribution is -2.27. The van der Waals surface area contributed by atoms with Crippen molar-refractivity contribution in [3.05, 3.63) is 23.5 Å². The number of hydrogen-bond donors (Lipinski definition) is 1. The summed E-state index contributed by atoms with van der Waals surface area (Å²) in [6, 6.07) is 0.418. The Morgan fingerprint density at radius 3 is 2.10 bits per heavy atom. The van der Waals surface area contributed by atoms with Gasteiger partial charge in [-0.2, -0.15) is 22.5 Å². The average molecular weight is 293 g/mol. The molecule has 114 valence electrons. The molecule has 20 heavy (non-hydrogen) atoms. The van der Waals surface area contributed by atoms with Gasteiger partial charge in [-0.15, -0.1) is 0 Å². The number of rotatable bonds is 7. The monoisotopic (exact) mass is 293 g/mol. The molecule has 0 unspecified atom stereocenters. The van der Waals surface area contributed by atoms with Crippen molar-refractivity contribution in [3.8, 4) is 0 Å². The van der Waals surface area contributed by atoms with Crippen LogP contribution in [0.1, 0.15) is 26.7 Å². The summed E-state index contributed by atoms with van der Waals surface area (Å²) in [6.07, 6.45) is 1.43. The molecule has 0 fully saturated rings. The van der Waals surface area contributed by atoms with Crippen LogP contribution in [0.25, 0.3) is 0 Å². The summed E-state index contributed by atoms with van der Waals surface area (Å²) in [6.45, 7) is 5.18. The lowest BCUT2D eigenvalue weighted by atomic mass is 10.2. The summed E-state index contributed by atoms with van der Waals surface area (Å²) in [4.78, 5) is 4.62. The van der Waals surface area contributed by atoms with E-state index in [1.807, 2.05) is 7.05 Å². The van der Waals surface area contributed by atoms with Crippen molar-refractivity contribution < 1.29 is 17.6 Å². The van der Waals surface area contributed by atoms with E-state index >= 15 is 0 Å². The Hall–Kier alpha value is -1.37. The minimum Gasteiger partial charge on any atom is -0.380 e. The van der Waals surface area contributed by atoms with Gasteiger partial charge >= 0.3 is 0 Å². The van der Waals surface area contributed by atoms with E-state index in [4.69, 9.17) is 0 Å². The van der Waals surface area contributed by atoms with Crippen LogP contribution in [0.5, 0.6) is 0 Å². The number of anilines is 1. The van der Waals surface area contributed by atoms with Gasteiger partial charge in [0.1, 0.15) is 5.69 Å². The number of aromatic nitrogens is 1. The van der Waals surface area contributed by atoms with E-state index in [2.05, 4.69) is 29.0 Å². The van der Waals surface area contributed by atoms with Gasteiger partial charge in [-0.05, 0) is 40.3 Å². The van der Waals surface area contributed by atoms with Crippen LogP contribution in [0.4, 0.5) is 23.2 Å². The lowest BCUT2D eigenvalue weighted by Gasteiger charge is -2.20. The predicted octanol–water partition coefficient (Wildman–Crippen LogP) is 3.17. The third-order valence-electron chi connectivity index (χ3n) is 3.12. The van der Waals surface area contributed by atoms with E-state index in [9.17, 15) is 17.6 Å². The normalized spacial score (nSPS) is 11.4. The molecule has 0 aromatic carbocycles. The average Bonchev–Trinajstić information content (AvgIpc) is 2.39. The molecular weight excluding hydrogens is 274 g/mol. The maximum atomic E-state index is 13.3. The molecule has 0 radical (unpaired) electrons. The van der Waals surface area contributed by atoms with E-state index in [0.717, 1.165) is 13.0 Å². The highest BCUT2D eigenvalue weighted by Crippen LogP contribution is 2.21. The minimum absolute atomic E-state index is 0.225. The maximum absolute atomic E-state index is 13.3. The SMILES string of the molecule is CC(C)N(C)CCCCNc1c(F)c(F)nc(F)c1F. The number of hydrogen-bond acceptors (Lipinski definition) is 3. The van der Waals surface area contributed by atoms with Crippen molar-refractivity contribution >= 4 is 5.69 Å². The second kappa shape index (κ2) is 7.42. The van der Waals surface area contributed by atoms with Gasteiger partial charge in [0.25, 0.3) is 11.9 Å². The highest BCUT2D eigenvalue weighted by molar-refractivity contribution is 5.45. The van der Waals surface area contributed by atoms with E-state index in [0.29, 0.717) is 12.5 Å². The fourth-order valence-corrected chi connectivity index (χ4v) is 1.60. The molecule has 0 aliphatic rings. The zero-order chi connectivity index (χ0) is 15.3. The molecule has 0 saturated carbocycles. The number of nitrogens with one attached hydrogen (secondary N) is 1. The Morgan fingerprint density at radius 1 is 1.05 bits per heavy atom. The first kappa shape index (κ1) is 16.7. The van der Waals surface area contributed by atoms with Crippen LogP contribution in [0.3, 0.4) is 0 Å². The van der Waals surface area contributed by atoms with Crippen molar-refractivity contribution in [2.75, 3.05) is 25.5 Å². The zero-order valence-electron chi connectivity index (χ0n) is 11.8. The zero-order valence-corrected chi connectivity index (χ0v) is 11.8. The van der Waals surface area contributed by atoms with Crippen molar-refractivity contribution in [2.45, 2.75) is 32.7 Å². The summed E-state index contributed by atoms with van der Waals surface area (Å²) in [5.41, 5.74) is -0.799. The van der Waals surface area contributed by atoms with Crippen LogP contribution >= 0.6 is 0 Å². The number of nitrogens with zero attached hydrogens (tertiary/aromatic N) is 2. The highest BCUT2D eigenvalue weighted by Gasteiger charge is 2.20. The van der Waals surface area contributed by atoms with Crippen molar-refractivity contribution in [2.24, 2.45) is 0 Å². The molecule has 7 heteroatoms. The molecule has 0 aliphatic heterocycles. The molecule has 1 N–H and O–H groups in total. The van der Waals surface area contributed by atoms with Gasteiger partial charge < -0.3 is 10.2 Å². The van der Waals surface area contributed by atoms with E-state index in [1.165, 1.54) is 0 Å². The van der Waals surface area contributed by atoms with E-state index in [1.54, 1.807) is 0 Å². The summed E-state index contributed by atoms with van der Waals surface area (Å²) in [5.74, 6) is -6.29. The molecule has 1 aromatic rings. The van der Waals surface area contributed by atoms with Gasteiger partial charge in [0, 0.05) is 12.6 Å². The molecule has 0 aliphatic carbocycles. The quantitative estimate of drug-likeness (QED) is 0.475. The Morgan fingerprint density at radius 2 is 1.60 bits per heavy atom. The third-order valence-corrected chi connectivity index (χ3v) is 3.12. The lowest BCUT2D eigenvalue weighted by molar-refractivity contribution is 0.269. The predicted molar refractivity (Wildman–Crippen MR) is 69.6 cm³/mol. The molecule has 0 bridgehead atoms. The van der Waals surface area contributed by atoms with Crippen molar-refractivity contribution in [1.82, 2.24) is 9.88 Å². The summed E-state index contributed by atoms with van der Waals surface area (Å²) in [7, 11) is 1.98. The fraction of sp³-hybridized carbons (Fsp3) is 0.615. The molecule has 0 atom stereocenters. The van der Waals surface area contributed by atoms with Gasteiger partial charge in [-0.25, -0.2) is 0 Å². The van der Waals surface area contributed by atoms with Gasteiger partial charge in [0.05, 0.1) is 0 Å². The summed E-state index contributed by atoms with van der Waals surface area (Å²) in [5, 5.41) is 2.38. The number of unbranched alkanes of at least 4 members (excludes halogenated alkanes) is 1. The summed E-state index contributed by atoms with van der Waals surface area (Å²) < 4.78 is 52.2. The van der Waals surface area contributed by atoms with Gasteiger partial charge in [0.15, 0.2) is 0 Å². The molecule has 0 spiro atoms. The first-order valence-electron chi connectivity index (χ1n) is 6.48. The van der Waals surface area contributed by atoms with E-state index < -0.39 is 29.2 Å².